The first kappa shape index (κ1) is 14.2. The molecule has 6 nitrogen and oxygen atoms in total. The van der Waals surface area contributed by atoms with Gasteiger partial charge in [-0.2, -0.15) is 0 Å². The number of hydrogen-bond acceptors (Lipinski definition) is 4. The first-order valence-electron chi connectivity index (χ1n) is 8.56. The van der Waals surface area contributed by atoms with Crippen LogP contribution in [0.25, 0.3) is 0 Å². The van der Waals surface area contributed by atoms with Gasteiger partial charge >= 0.3 is 0 Å². The largest absolute Gasteiger partial charge is 0.396 e. The molecular formula is C16H24N4O2. The molecule has 0 aromatic carbocycles. The predicted molar refractivity (Wildman–Crippen MR) is 80.4 cm³/mol. The van der Waals surface area contributed by atoms with Crippen molar-refractivity contribution in [1.82, 2.24) is 19.7 Å². The van der Waals surface area contributed by atoms with Crippen molar-refractivity contribution in [3.63, 3.8) is 0 Å². The minimum Gasteiger partial charge on any atom is -0.396 e. The van der Waals surface area contributed by atoms with Gasteiger partial charge in [-0.1, -0.05) is 6.92 Å². The lowest BCUT2D eigenvalue weighted by Gasteiger charge is -2.34. The number of fused-ring (bicyclic) bond motifs is 3. The van der Waals surface area contributed by atoms with Crippen LogP contribution in [0.1, 0.15) is 61.9 Å². The second-order valence-corrected chi connectivity index (χ2v) is 7.09. The summed E-state index contributed by atoms with van der Waals surface area (Å²) in [5, 5.41) is 18.3. The van der Waals surface area contributed by atoms with Crippen LogP contribution in [0.15, 0.2) is 0 Å². The smallest absolute Gasteiger partial charge is 0.292 e. The molecule has 1 amide bonds. The highest BCUT2D eigenvalue weighted by Crippen LogP contribution is 2.51. The van der Waals surface area contributed by atoms with E-state index in [-0.39, 0.29) is 30.0 Å². The van der Waals surface area contributed by atoms with E-state index in [4.69, 9.17) is 0 Å². The third-order valence-electron chi connectivity index (χ3n) is 6.16. The Balaban J connectivity index is 1.65. The third-order valence-corrected chi connectivity index (χ3v) is 6.16. The van der Waals surface area contributed by atoms with Gasteiger partial charge in [-0.15, -0.1) is 10.2 Å². The molecule has 3 aliphatic rings. The van der Waals surface area contributed by atoms with Crippen molar-refractivity contribution in [2.24, 2.45) is 5.41 Å². The molecule has 2 saturated heterocycles. The summed E-state index contributed by atoms with van der Waals surface area (Å²) in [6.07, 6.45) is 7.05. The summed E-state index contributed by atoms with van der Waals surface area (Å²) in [4.78, 5) is 15.1. The SMILES string of the molecule is CC[C@]1(CO)C[C@H]2CC[C@@H]1N2C(=O)c1nnc2n1CCCC2. The van der Waals surface area contributed by atoms with Crippen molar-refractivity contribution in [2.45, 2.75) is 70.5 Å². The van der Waals surface area contributed by atoms with E-state index in [9.17, 15) is 9.90 Å². The molecule has 1 N–H and O–H groups in total. The number of aryl methyl sites for hydroxylation is 1. The van der Waals surface area contributed by atoms with Crippen LogP contribution in [-0.2, 0) is 13.0 Å². The van der Waals surface area contributed by atoms with Gasteiger partial charge in [0.05, 0.1) is 6.61 Å². The minimum absolute atomic E-state index is 0.0249. The lowest BCUT2D eigenvalue weighted by atomic mass is 9.72. The fourth-order valence-corrected chi connectivity index (χ4v) is 4.84. The van der Waals surface area contributed by atoms with Crippen LogP contribution in [0.2, 0.25) is 0 Å². The van der Waals surface area contributed by atoms with Gasteiger partial charge in [0.15, 0.2) is 0 Å². The summed E-state index contributed by atoms with van der Waals surface area (Å²) >= 11 is 0. The molecule has 2 fully saturated rings. The van der Waals surface area contributed by atoms with Crippen LogP contribution in [0.4, 0.5) is 0 Å². The monoisotopic (exact) mass is 304 g/mol. The predicted octanol–water partition coefficient (Wildman–Crippen LogP) is 1.38. The van der Waals surface area contributed by atoms with E-state index in [1.54, 1.807) is 0 Å². The van der Waals surface area contributed by atoms with Crippen LogP contribution in [0.5, 0.6) is 0 Å². The summed E-state index contributed by atoms with van der Waals surface area (Å²) in [6, 6.07) is 0.428. The number of rotatable bonds is 3. The Labute approximate surface area is 130 Å². The van der Waals surface area contributed by atoms with Gasteiger partial charge in [0.1, 0.15) is 5.82 Å². The van der Waals surface area contributed by atoms with Gasteiger partial charge in [-0.25, -0.2) is 0 Å². The molecule has 0 radical (unpaired) electrons. The second kappa shape index (κ2) is 5.05. The van der Waals surface area contributed by atoms with Crippen molar-refractivity contribution in [3.8, 4) is 0 Å². The van der Waals surface area contributed by atoms with E-state index in [0.717, 1.165) is 57.3 Å². The van der Waals surface area contributed by atoms with Gasteiger partial charge in [-0.3, -0.25) is 4.79 Å². The highest BCUT2D eigenvalue weighted by atomic mass is 16.3. The Morgan fingerprint density at radius 2 is 2.23 bits per heavy atom. The fourth-order valence-electron chi connectivity index (χ4n) is 4.84. The molecule has 0 spiro atoms. The minimum atomic E-state index is -0.108. The zero-order valence-electron chi connectivity index (χ0n) is 13.2. The number of aliphatic hydroxyl groups excluding tert-OH is 1. The van der Waals surface area contributed by atoms with E-state index >= 15 is 0 Å². The topological polar surface area (TPSA) is 71.2 Å². The van der Waals surface area contributed by atoms with Crippen molar-refractivity contribution < 1.29 is 9.90 Å². The molecule has 22 heavy (non-hydrogen) atoms. The molecule has 3 aliphatic heterocycles. The first-order chi connectivity index (χ1) is 10.7. The summed E-state index contributed by atoms with van der Waals surface area (Å²) in [5.41, 5.74) is -0.108. The number of aromatic nitrogens is 3. The standard InChI is InChI=1S/C16H24N4O2/c1-2-16(10-21)9-11-6-7-12(16)20(11)15(22)14-18-17-13-5-3-4-8-19(13)14/h11-12,21H,2-10H2,1H3/t11-,12+,16-/m1/s1. The van der Waals surface area contributed by atoms with Gasteiger partial charge in [0.2, 0.25) is 5.82 Å². The van der Waals surface area contributed by atoms with Gasteiger partial charge < -0.3 is 14.6 Å². The molecule has 3 atom stereocenters. The summed E-state index contributed by atoms with van der Waals surface area (Å²) < 4.78 is 2.01. The Morgan fingerprint density at radius 1 is 1.36 bits per heavy atom. The molecule has 0 saturated carbocycles. The lowest BCUT2D eigenvalue weighted by Crippen LogP contribution is -2.43. The zero-order valence-corrected chi connectivity index (χ0v) is 13.2. The number of nitrogens with zero attached hydrogens (tertiary/aromatic N) is 4. The molecule has 1 aromatic heterocycles. The third kappa shape index (κ3) is 1.79. The van der Waals surface area contributed by atoms with Crippen LogP contribution in [0, 0.1) is 5.41 Å². The van der Waals surface area contributed by atoms with Crippen molar-refractivity contribution in [2.75, 3.05) is 6.61 Å². The van der Waals surface area contributed by atoms with Crippen LogP contribution < -0.4 is 0 Å². The molecule has 4 heterocycles. The van der Waals surface area contributed by atoms with Gasteiger partial charge in [0, 0.05) is 30.5 Å². The van der Waals surface area contributed by atoms with E-state index < -0.39 is 0 Å². The molecule has 120 valence electrons. The highest BCUT2D eigenvalue weighted by Gasteiger charge is 2.56. The Bertz CT molecular complexity index is 593. The maximum absolute atomic E-state index is 13.1. The fraction of sp³-hybridized carbons (Fsp3) is 0.812. The van der Waals surface area contributed by atoms with Crippen LogP contribution in [-0.4, -0.2) is 49.4 Å². The average Bonchev–Trinajstić information content (AvgIpc) is 3.25. The summed E-state index contributed by atoms with van der Waals surface area (Å²) in [6.45, 7) is 3.15. The maximum Gasteiger partial charge on any atom is 0.292 e. The summed E-state index contributed by atoms with van der Waals surface area (Å²) in [5.74, 6) is 1.48. The Morgan fingerprint density at radius 3 is 2.95 bits per heavy atom. The van der Waals surface area contributed by atoms with Gasteiger partial charge in [0.25, 0.3) is 5.91 Å². The maximum atomic E-state index is 13.1. The van der Waals surface area contributed by atoms with Gasteiger partial charge in [-0.05, 0) is 38.5 Å². The van der Waals surface area contributed by atoms with E-state index in [1.165, 1.54) is 0 Å². The second-order valence-electron chi connectivity index (χ2n) is 7.09. The molecule has 0 unspecified atom stereocenters. The van der Waals surface area contributed by atoms with Crippen molar-refractivity contribution in [1.29, 1.82) is 0 Å². The number of hydrogen-bond donors (Lipinski definition) is 1. The number of carbonyl (C=O) groups is 1. The summed E-state index contributed by atoms with van der Waals surface area (Å²) in [7, 11) is 0. The van der Waals surface area contributed by atoms with Crippen molar-refractivity contribution >= 4 is 5.91 Å². The van der Waals surface area contributed by atoms with E-state index in [1.807, 2.05) is 9.47 Å². The molecule has 6 heteroatoms. The number of carbonyl (C=O) groups excluding carboxylic acids is 1. The normalized spacial score (nSPS) is 33.3. The quantitative estimate of drug-likeness (QED) is 0.916. The molecule has 1 aromatic rings. The van der Waals surface area contributed by atoms with Crippen LogP contribution in [0.3, 0.4) is 0 Å². The average molecular weight is 304 g/mol. The highest BCUT2D eigenvalue weighted by molar-refractivity contribution is 5.92. The lowest BCUT2D eigenvalue weighted by molar-refractivity contribution is 0.0543. The zero-order chi connectivity index (χ0) is 15.3. The molecule has 2 bridgehead atoms. The van der Waals surface area contributed by atoms with Crippen molar-refractivity contribution in [3.05, 3.63) is 11.6 Å². The first-order valence-corrected chi connectivity index (χ1v) is 8.56. The Kier molecular flexibility index (Phi) is 3.25. The molecule has 0 aliphatic carbocycles. The number of amides is 1. The van der Waals surface area contributed by atoms with E-state index in [2.05, 4.69) is 17.1 Å². The van der Waals surface area contributed by atoms with E-state index in [0.29, 0.717) is 5.82 Å². The molecular weight excluding hydrogens is 280 g/mol. The van der Waals surface area contributed by atoms with Crippen LogP contribution >= 0.6 is 0 Å². The molecule has 4 rings (SSSR count). The number of aliphatic hydroxyl groups is 1. The Hall–Kier alpha value is -1.43.